The van der Waals surface area contributed by atoms with Gasteiger partial charge in [-0.05, 0) is 55.7 Å². The van der Waals surface area contributed by atoms with Crippen LogP contribution >= 0.6 is 11.3 Å². The van der Waals surface area contributed by atoms with Gasteiger partial charge in [-0.25, -0.2) is 14.4 Å². The molecular weight excluding hydrogens is 435 g/mol. The number of rotatable bonds is 5. The second-order valence-corrected chi connectivity index (χ2v) is 9.27. The van der Waals surface area contributed by atoms with Crippen LogP contribution in [0.25, 0.3) is 42.7 Å². The minimum Gasteiger partial charge on any atom is -0.455 e. The molecule has 0 atom stereocenters. The molecule has 7 heteroatoms. The molecular formula is C26H21FN4OS. The standard InChI is InChI=1S/C26H21FN4OS/c1-14-7-8-18(27)24-23(14)17(15(2)31-24)9-10-28-26-25-19(29-13-30-26)12-22(33-25)21-11-16-5-3-4-6-20(16)32-21/h3-8,11-13,31H,9-10H2,1-2H3,(H,28,29,30). The smallest absolute Gasteiger partial charge is 0.147 e. The van der Waals surface area contributed by atoms with E-state index in [4.69, 9.17) is 4.42 Å². The molecule has 33 heavy (non-hydrogen) atoms. The molecule has 0 saturated carbocycles. The van der Waals surface area contributed by atoms with Crippen molar-refractivity contribution in [3.8, 4) is 10.6 Å². The Morgan fingerprint density at radius 2 is 1.97 bits per heavy atom. The van der Waals surface area contributed by atoms with Gasteiger partial charge < -0.3 is 14.7 Å². The summed E-state index contributed by atoms with van der Waals surface area (Å²) in [6, 6.07) is 15.4. The van der Waals surface area contributed by atoms with Crippen LogP contribution in [-0.2, 0) is 6.42 Å². The van der Waals surface area contributed by atoms with Crippen LogP contribution in [0.2, 0.25) is 0 Å². The molecule has 0 amide bonds. The van der Waals surface area contributed by atoms with Gasteiger partial charge in [0.15, 0.2) is 0 Å². The summed E-state index contributed by atoms with van der Waals surface area (Å²) < 4.78 is 21.3. The first-order valence-electron chi connectivity index (χ1n) is 10.8. The van der Waals surface area contributed by atoms with E-state index >= 15 is 0 Å². The van der Waals surface area contributed by atoms with Crippen molar-refractivity contribution in [2.75, 3.05) is 11.9 Å². The second-order valence-electron chi connectivity index (χ2n) is 8.22. The molecule has 6 aromatic rings. The zero-order chi connectivity index (χ0) is 22.5. The fourth-order valence-electron chi connectivity index (χ4n) is 4.47. The lowest BCUT2D eigenvalue weighted by Crippen LogP contribution is -2.07. The number of aryl methyl sites for hydroxylation is 2. The second kappa shape index (κ2) is 7.71. The number of nitrogens with zero attached hydrogens (tertiary/aromatic N) is 2. The summed E-state index contributed by atoms with van der Waals surface area (Å²) in [6.07, 6.45) is 2.33. The number of fused-ring (bicyclic) bond motifs is 3. The topological polar surface area (TPSA) is 66.7 Å². The van der Waals surface area contributed by atoms with Crippen molar-refractivity contribution in [1.82, 2.24) is 15.0 Å². The van der Waals surface area contributed by atoms with Crippen LogP contribution in [0.1, 0.15) is 16.8 Å². The lowest BCUT2D eigenvalue weighted by molar-refractivity contribution is 0.633. The Morgan fingerprint density at radius 3 is 2.85 bits per heavy atom. The van der Waals surface area contributed by atoms with Crippen LogP contribution in [0, 0.1) is 19.7 Å². The van der Waals surface area contributed by atoms with Crippen LogP contribution in [0.5, 0.6) is 0 Å². The van der Waals surface area contributed by atoms with E-state index in [1.165, 1.54) is 6.07 Å². The van der Waals surface area contributed by atoms with Crippen LogP contribution in [-0.4, -0.2) is 21.5 Å². The first-order valence-corrected chi connectivity index (χ1v) is 11.6. The Balaban J connectivity index is 1.28. The third-order valence-electron chi connectivity index (χ3n) is 6.08. The quantitative estimate of drug-likeness (QED) is 0.293. The van der Waals surface area contributed by atoms with Gasteiger partial charge in [0.25, 0.3) is 0 Å². The van der Waals surface area contributed by atoms with Gasteiger partial charge in [-0.15, -0.1) is 11.3 Å². The lowest BCUT2D eigenvalue weighted by Gasteiger charge is -2.07. The molecule has 2 N–H and O–H groups in total. The number of benzene rings is 2. The number of hydrogen-bond donors (Lipinski definition) is 2. The molecule has 0 saturated heterocycles. The highest BCUT2D eigenvalue weighted by Crippen LogP contribution is 2.38. The first-order chi connectivity index (χ1) is 16.1. The number of nitrogens with one attached hydrogen (secondary N) is 2. The summed E-state index contributed by atoms with van der Waals surface area (Å²) in [5.74, 6) is 1.41. The Bertz CT molecular complexity index is 1610. The van der Waals surface area contributed by atoms with E-state index in [-0.39, 0.29) is 5.82 Å². The predicted molar refractivity (Wildman–Crippen MR) is 133 cm³/mol. The monoisotopic (exact) mass is 456 g/mol. The van der Waals surface area contributed by atoms with Crippen molar-refractivity contribution < 1.29 is 8.81 Å². The first kappa shape index (κ1) is 19.9. The summed E-state index contributed by atoms with van der Waals surface area (Å²) >= 11 is 1.61. The normalized spacial score (nSPS) is 11.7. The Labute approximate surface area is 193 Å². The minimum absolute atomic E-state index is 0.216. The SMILES string of the molecule is Cc1[nH]c2c(F)ccc(C)c2c1CCNc1ncnc2cc(-c3cc4ccccc4o3)sc12. The molecule has 0 aliphatic carbocycles. The van der Waals surface area contributed by atoms with Crippen molar-refractivity contribution in [3.05, 3.63) is 77.5 Å². The van der Waals surface area contributed by atoms with E-state index in [0.29, 0.717) is 12.1 Å². The van der Waals surface area contributed by atoms with Gasteiger partial charge in [0, 0.05) is 23.0 Å². The third kappa shape index (κ3) is 3.36. The number of furan rings is 1. The molecule has 4 aromatic heterocycles. The van der Waals surface area contributed by atoms with Crippen molar-refractivity contribution in [2.45, 2.75) is 20.3 Å². The summed E-state index contributed by atoms with van der Waals surface area (Å²) in [4.78, 5) is 13.2. The molecule has 2 aromatic carbocycles. The molecule has 0 fully saturated rings. The van der Waals surface area contributed by atoms with Crippen molar-refractivity contribution in [1.29, 1.82) is 0 Å². The van der Waals surface area contributed by atoms with Crippen molar-refractivity contribution >= 4 is 49.2 Å². The fourth-order valence-corrected chi connectivity index (χ4v) is 5.50. The molecule has 164 valence electrons. The number of aromatic amines is 1. The van der Waals surface area contributed by atoms with Crippen molar-refractivity contribution in [2.24, 2.45) is 0 Å². The number of thiophene rings is 1. The fraction of sp³-hybridized carbons (Fsp3) is 0.154. The maximum Gasteiger partial charge on any atom is 0.147 e. The van der Waals surface area contributed by atoms with Gasteiger partial charge in [0.2, 0.25) is 0 Å². The van der Waals surface area contributed by atoms with Gasteiger partial charge in [-0.1, -0.05) is 24.3 Å². The molecule has 5 nitrogen and oxygen atoms in total. The summed E-state index contributed by atoms with van der Waals surface area (Å²) in [5, 5.41) is 5.52. The van der Waals surface area contributed by atoms with E-state index < -0.39 is 0 Å². The average Bonchev–Trinajstić information content (AvgIpc) is 3.52. The van der Waals surface area contributed by atoms with E-state index in [0.717, 1.165) is 66.3 Å². The van der Waals surface area contributed by atoms with Gasteiger partial charge in [0.1, 0.15) is 29.3 Å². The number of anilines is 1. The van der Waals surface area contributed by atoms with Crippen LogP contribution in [0.4, 0.5) is 10.2 Å². The zero-order valence-electron chi connectivity index (χ0n) is 18.2. The highest BCUT2D eigenvalue weighted by atomic mass is 32.1. The van der Waals surface area contributed by atoms with Crippen molar-refractivity contribution in [3.63, 3.8) is 0 Å². The highest BCUT2D eigenvalue weighted by molar-refractivity contribution is 7.22. The lowest BCUT2D eigenvalue weighted by atomic mass is 10.0. The summed E-state index contributed by atoms with van der Waals surface area (Å²) in [5.41, 5.74) is 5.54. The Kier molecular flexibility index (Phi) is 4.66. The van der Waals surface area contributed by atoms with Gasteiger partial charge >= 0.3 is 0 Å². The largest absolute Gasteiger partial charge is 0.455 e. The number of halogens is 1. The van der Waals surface area contributed by atoms with E-state index in [9.17, 15) is 4.39 Å². The Morgan fingerprint density at radius 1 is 1.09 bits per heavy atom. The molecule has 0 spiro atoms. The van der Waals surface area contributed by atoms with Gasteiger partial charge in [-0.2, -0.15) is 0 Å². The maximum absolute atomic E-state index is 14.3. The Hall–Kier alpha value is -3.71. The molecule has 4 heterocycles. The number of aromatic nitrogens is 3. The maximum atomic E-state index is 14.3. The van der Waals surface area contributed by atoms with Gasteiger partial charge in [0.05, 0.1) is 20.6 Å². The van der Waals surface area contributed by atoms with E-state index in [1.54, 1.807) is 17.7 Å². The van der Waals surface area contributed by atoms with Crippen LogP contribution in [0.15, 0.2) is 59.3 Å². The molecule has 0 aliphatic rings. The summed E-state index contributed by atoms with van der Waals surface area (Å²) in [6.45, 7) is 4.69. The molecule has 0 radical (unpaired) electrons. The third-order valence-corrected chi connectivity index (χ3v) is 7.22. The minimum atomic E-state index is -0.216. The van der Waals surface area contributed by atoms with Crippen LogP contribution < -0.4 is 5.32 Å². The average molecular weight is 457 g/mol. The molecule has 0 aliphatic heterocycles. The predicted octanol–water partition coefficient (Wildman–Crippen LogP) is 7.00. The van der Waals surface area contributed by atoms with Crippen LogP contribution in [0.3, 0.4) is 0 Å². The molecule has 0 unspecified atom stereocenters. The molecule has 6 rings (SSSR count). The van der Waals surface area contributed by atoms with E-state index in [1.807, 2.05) is 50.2 Å². The number of para-hydroxylation sites is 1. The van der Waals surface area contributed by atoms with E-state index in [2.05, 4.69) is 26.3 Å². The van der Waals surface area contributed by atoms with Gasteiger partial charge in [-0.3, -0.25) is 0 Å². The number of hydrogen-bond acceptors (Lipinski definition) is 5. The highest BCUT2D eigenvalue weighted by Gasteiger charge is 2.16. The molecule has 0 bridgehead atoms. The zero-order valence-corrected chi connectivity index (χ0v) is 19.0. The summed E-state index contributed by atoms with van der Waals surface area (Å²) in [7, 11) is 0. The number of H-pyrrole nitrogens is 1.